The van der Waals surface area contributed by atoms with Gasteiger partial charge in [0.2, 0.25) is 0 Å². The van der Waals surface area contributed by atoms with Gasteiger partial charge < -0.3 is 8.83 Å². The number of para-hydroxylation sites is 1. The molecule has 0 fully saturated rings. The van der Waals surface area contributed by atoms with Crippen LogP contribution in [-0.4, -0.2) is 9.97 Å². The van der Waals surface area contributed by atoms with Crippen LogP contribution in [0, 0.1) is 13.8 Å². The van der Waals surface area contributed by atoms with Crippen molar-refractivity contribution in [2.24, 2.45) is 0 Å². The number of pyridine rings is 2. The standard InChI is InChI=1S/C25H16N2O3/c1-13-7-8-17-19-20(25(28)30-23(17)14(13)2)21(15-9-11-26-12-10-15)27-22-16-5-3-4-6-18(16)29-24(19)22/h3-12H,1-2H3. The van der Waals surface area contributed by atoms with E-state index in [1.807, 2.05) is 62.4 Å². The molecule has 0 unspecified atom stereocenters. The second-order valence-electron chi connectivity index (χ2n) is 7.50. The summed E-state index contributed by atoms with van der Waals surface area (Å²) in [6.07, 6.45) is 3.38. The molecule has 6 rings (SSSR count). The van der Waals surface area contributed by atoms with Crippen LogP contribution in [0.4, 0.5) is 0 Å². The van der Waals surface area contributed by atoms with Crippen LogP contribution in [0.2, 0.25) is 0 Å². The first-order valence-electron chi connectivity index (χ1n) is 9.72. The summed E-state index contributed by atoms with van der Waals surface area (Å²) in [5.74, 6) is 0. The second-order valence-corrected chi connectivity index (χ2v) is 7.50. The molecule has 5 heteroatoms. The third kappa shape index (κ3) is 2.20. The summed E-state index contributed by atoms with van der Waals surface area (Å²) in [4.78, 5) is 22.2. The maximum atomic E-state index is 13.2. The van der Waals surface area contributed by atoms with Crippen molar-refractivity contribution in [1.82, 2.24) is 9.97 Å². The number of benzene rings is 2. The Kier molecular flexibility index (Phi) is 3.39. The Labute approximate surface area is 170 Å². The molecule has 4 heterocycles. The molecule has 4 aromatic heterocycles. The highest BCUT2D eigenvalue weighted by molar-refractivity contribution is 6.23. The van der Waals surface area contributed by atoms with E-state index in [0.29, 0.717) is 22.2 Å². The molecule has 144 valence electrons. The summed E-state index contributed by atoms with van der Waals surface area (Å²) >= 11 is 0. The lowest BCUT2D eigenvalue weighted by molar-refractivity contribution is 0.566. The summed E-state index contributed by atoms with van der Waals surface area (Å²) in [5.41, 5.74) is 5.61. The van der Waals surface area contributed by atoms with Crippen molar-refractivity contribution < 1.29 is 8.83 Å². The van der Waals surface area contributed by atoms with Crippen molar-refractivity contribution in [2.75, 3.05) is 0 Å². The van der Waals surface area contributed by atoms with Crippen LogP contribution in [-0.2, 0) is 0 Å². The van der Waals surface area contributed by atoms with Crippen LogP contribution in [0.15, 0.2) is 74.6 Å². The summed E-state index contributed by atoms with van der Waals surface area (Å²) in [7, 11) is 0. The van der Waals surface area contributed by atoms with Crippen LogP contribution >= 0.6 is 0 Å². The topological polar surface area (TPSA) is 69.1 Å². The SMILES string of the molecule is Cc1ccc2c(oc(=O)c3c(-c4ccncc4)nc4c5ccccc5oc4c32)c1C. The lowest BCUT2D eigenvalue weighted by Gasteiger charge is -2.10. The van der Waals surface area contributed by atoms with Crippen LogP contribution < -0.4 is 5.63 Å². The lowest BCUT2D eigenvalue weighted by Crippen LogP contribution is -2.05. The van der Waals surface area contributed by atoms with Crippen LogP contribution in [0.1, 0.15) is 11.1 Å². The molecule has 0 saturated heterocycles. The molecular formula is C25H16N2O3. The molecule has 0 atom stereocenters. The van der Waals surface area contributed by atoms with Gasteiger partial charge >= 0.3 is 5.63 Å². The van der Waals surface area contributed by atoms with E-state index in [1.54, 1.807) is 12.4 Å². The molecule has 0 radical (unpaired) electrons. The Hall–Kier alpha value is -3.99. The van der Waals surface area contributed by atoms with Crippen molar-refractivity contribution >= 4 is 43.8 Å². The molecule has 0 bridgehead atoms. The summed E-state index contributed by atoms with van der Waals surface area (Å²) in [6.45, 7) is 3.97. The molecule has 5 nitrogen and oxygen atoms in total. The van der Waals surface area contributed by atoms with Crippen LogP contribution in [0.5, 0.6) is 0 Å². The van der Waals surface area contributed by atoms with E-state index in [2.05, 4.69) is 4.98 Å². The minimum atomic E-state index is -0.423. The van der Waals surface area contributed by atoms with Gasteiger partial charge in [-0.2, -0.15) is 0 Å². The van der Waals surface area contributed by atoms with Gasteiger partial charge in [-0.15, -0.1) is 0 Å². The Balaban J connectivity index is 1.97. The fraction of sp³-hybridized carbons (Fsp3) is 0.0800. The first-order chi connectivity index (χ1) is 14.6. The van der Waals surface area contributed by atoms with Crippen LogP contribution in [0.25, 0.3) is 55.1 Å². The normalized spacial score (nSPS) is 11.8. The zero-order chi connectivity index (χ0) is 20.4. The van der Waals surface area contributed by atoms with Crippen molar-refractivity contribution in [2.45, 2.75) is 13.8 Å². The zero-order valence-electron chi connectivity index (χ0n) is 16.4. The number of nitrogens with zero attached hydrogens (tertiary/aromatic N) is 2. The number of aromatic nitrogens is 2. The van der Waals surface area contributed by atoms with E-state index in [1.165, 1.54) is 0 Å². The third-order valence-electron chi connectivity index (χ3n) is 5.81. The van der Waals surface area contributed by atoms with Crippen molar-refractivity contribution in [3.8, 4) is 11.3 Å². The van der Waals surface area contributed by atoms with Gasteiger partial charge in [-0.05, 0) is 49.2 Å². The van der Waals surface area contributed by atoms with Crippen LogP contribution in [0.3, 0.4) is 0 Å². The summed E-state index contributed by atoms with van der Waals surface area (Å²) < 4.78 is 12.1. The minimum Gasteiger partial charge on any atom is -0.454 e. The first-order valence-corrected chi connectivity index (χ1v) is 9.72. The maximum Gasteiger partial charge on any atom is 0.346 e. The smallest absolute Gasteiger partial charge is 0.346 e. The highest BCUT2D eigenvalue weighted by Crippen LogP contribution is 2.39. The number of fused-ring (bicyclic) bond motifs is 7. The number of furan rings is 1. The maximum absolute atomic E-state index is 13.2. The molecule has 0 saturated carbocycles. The average molecular weight is 392 g/mol. The predicted octanol–water partition coefficient (Wildman–Crippen LogP) is 5.92. The molecule has 0 aliphatic rings. The van der Waals surface area contributed by atoms with E-state index >= 15 is 0 Å². The molecule has 30 heavy (non-hydrogen) atoms. The van der Waals surface area contributed by atoms with Gasteiger partial charge in [-0.3, -0.25) is 4.98 Å². The molecule has 2 aromatic carbocycles. The van der Waals surface area contributed by atoms with Gasteiger partial charge in [0.15, 0.2) is 5.58 Å². The summed E-state index contributed by atoms with van der Waals surface area (Å²) in [6, 6.07) is 15.5. The van der Waals surface area contributed by atoms with E-state index in [-0.39, 0.29) is 0 Å². The Morgan fingerprint density at radius 1 is 0.800 bits per heavy atom. The highest BCUT2D eigenvalue weighted by Gasteiger charge is 2.22. The van der Waals surface area contributed by atoms with Gasteiger partial charge in [-0.1, -0.05) is 24.3 Å². The average Bonchev–Trinajstić information content (AvgIpc) is 3.15. The largest absolute Gasteiger partial charge is 0.454 e. The number of hydrogen-bond donors (Lipinski definition) is 0. The number of hydrogen-bond acceptors (Lipinski definition) is 5. The first kappa shape index (κ1) is 16.9. The van der Waals surface area contributed by atoms with Gasteiger partial charge in [0.05, 0.1) is 11.1 Å². The fourth-order valence-corrected chi connectivity index (χ4v) is 4.15. The second kappa shape index (κ2) is 6.00. The Bertz CT molecular complexity index is 1680. The summed E-state index contributed by atoms with van der Waals surface area (Å²) in [5, 5.41) is 2.91. The fourth-order valence-electron chi connectivity index (χ4n) is 4.15. The van der Waals surface area contributed by atoms with Gasteiger partial charge in [0.1, 0.15) is 16.7 Å². The van der Waals surface area contributed by atoms with E-state index in [0.717, 1.165) is 43.9 Å². The quantitative estimate of drug-likeness (QED) is 0.257. The molecule has 0 aliphatic heterocycles. The Morgan fingerprint density at radius 2 is 1.60 bits per heavy atom. The number of rotatable bonds is 1. The van der Waals surface area contributed by atoms with E-state index in [9.17, 15) is 4.79 Å². The van der Waals surface area contributed by atoms with Crippen molar-refractivity contribution in [3.63, 3.8) is 0 Å². The molecule has 6 aromatic rings. The van der Waals surface area contributed by atoms with E-state index < -0.39 is 5.63 Å². The van der Waals surface area contributed by atoms with Gasteiger partial charge in [0, 0.05) is 34.1 Å². The molecule has 0 N–H and O–H groups in total. The van der Waals surface area contributed by atoms with Gasteiger partial charge in [-0.25, -0.2) is 9.78 Å². The predicted molar refractivity (Wildman–Crippen MR) is 118 cm³/mol. The highest BCUT2D eigenvalue weighted by atomic mass is 16.4. The van der Waals surface area contributed by atoms with Crippen molar-refractivity contribution in [3.05, 3.63) is 82.5 Å². The minimum absolute atomic E-state index is 0.420. The molecule has 0 spiro atoms. The van der Waals surface area contributed by atoms with Crippen molar-refractivity contribution in [1.29, 1.82) is 0 Å². The molecular weight excluding hydrogens is 376 g/mol. The molecule has 0 amide bonds. The lowest BCUT2D eigenvalue weighted by atomic mass is 9.99. The Morgan fingerprint density at radius 3 is 2.43 bits per heavy atom. The zero-order valence-corrected chi connectivity index (χ0v) is 16.4. The molecule has 0 aliphatic carbocycles. The number of aryl methyl sites for hydroxylation is 2. The third-order valence-corrected chi connectivity index (χ3v) is 5.81. The monoisotopic (exact) mass is 392 g/mol. The van der Waals surface area contributed by atoms with E-state index in [4.69, 9.17) is 13.8 Å². The van der Waals surface area contributed by atoms with Gasteiger partial charge in [0.25, 0.3) is 0 Å².